The molecule has 3 aromatic rings. The Balaban J connectivity index is 1.88. The van der Waals surface area contributed by atoms with Crippen LogP contribution in [-0.2, 0) is 15.0 Å². The van der Waals surface area contributed by atoms with Crippen LogP contribution in [0.15, 0.2) is 42.7 Å². The molecule has 0 amide bonds. The molecule has 1 fully saturated rings. The van der Waals surface area contributed by atoms with Crippen LogP contribution >= 0.6 is 0 Å². The Morgan fingerprint density at radius 3 is 2.68 bits per heavy atom. The summed E-state index contributed by atoms with van der Waals surface area (Å²) in [6.45, 7) is 0.264. The number of nitrogen functional groups attached to an aromatic ring is 1. The lowest BCUT2D eigenvalue weighted by Crippen LogP contribution is -2.26. The largest absolute Gasteiger partial charge is 0.368 e. The van der Waals surface area contributed by atoms with Gasteiger partial charge in [0.1, 0.15) is 17.9 Å². The molecule has 1 unspecified atom stereocenters. The lowest BCUT2D eigenvalue weighted by molar-refractivity contribution is 0.00275. The normalized spacial score (nSPS) is 16.9. The summed E-state index contributed by atoms with van der Waals surface area (Å²) in [4.78, 5) is 13.0. The Labute approximate surface area is 161 Å². The van der Waals surface area contributed by atoms with Crippen LogP contribution in [0.4, 0.5) is 10.3 Å². The molecule has 0 spiro atoms. The van der Waals surface area contributed by atoms with E-state index in [1.807, 2.05) is 0 Å². The number of nitrogens with two attached hydrogens (primary N) is 1. The molecule has 2 N–H and O–H groups in total. The van der Waals surface area contributed by atoms with E-state index in [-0.39, 0.29) is 24.8 Å². The lowest BCUT2D eigenvalue weighted by Gasteiger charge is -2.27. The zero-order valence-electron chi connectivity index (χ0n) is 14.6. The fourth-order valence-corrected chi connectivity index (χ4v) is 3.68. The molecule has 3 heterocycles. The van der Waals surface area contributed by atoms with Crippen LogP contribution in [0, 0.1) is 5.82 Å². The Morgan fingerprint density at radius 1 is 1.18 bits per heavy atom. The van der Waals surface area contributed by atoms with Crippen LogP contribution in [-0.4, -0.2) is 39.4 Å². The first-order valence-corrected chi connectivity index (χ1v) is 9.58. The molecule has 1 saturated heterocycles. The highest BCUT2D eigenvalue weighted by molar-refractivity contribution is 7.73. The van der Waals surface area contributed by atoms with Gasteiger partial charge in [-0.1, -0.05) is 0 Å². The van der Waals surface area contributed by atoms with Crippen molar-refractivity contribution < 1.29 is 17.5 Å². The molecule has 1 aliphatic rings. The third kappa shape index (κ3) is 3.51. The zero-order valence-corrected chi connectivity index (χ0v) is 15.4. The number of benzene rings is 1. The van der Waals surface area contributed by atoms with Crippen molar-refractivity contribution in [1.29, 1.82) is 0 Å². The van der Waals surface area contributed by atoms with Crippen LogP contribution in [0.3, 0.4) is 0 Å². The molecular formula is C18H16FN5O3S. The van der Waals surface area contributed by atoms with Crippen molar-refractivity contribution in [2.75, 3.05) is 12.3 Å². The fourth-order valence-electron chi connectivity index (χ4n) is 3.15. The lowest BCUT2D eigenvalue weighted by atomic mass is 10.1. The molecule has 144 valence electrons. The number of anilines is 1. The Hall–Kier alpha value is -3.11. The second-order valence-corrected chi connectivity index (χ2v) is 7.24. The Kier molecular flexibility index (Phi) is 4.88. The highest BCUT2D eigenvalue weighted by Crippen LogP contribution is 2.33. The van der Waals surface area contributed by atoms with E-state index in [2.05, 4.69) is 15.0 Å². The molecule has 4 rings (SSSR count). The standard InChI is InChI=1S/C18H16FN5O3S/c19-12-3-1-11(2-4-12)17-22-10-15(14-5-7-21-18(20)23-14)24(17)16-9-13(28(25)26)6-8-27-16/h1-5,7,10,16H,6,8-9H2,(H2,20,21,23). The van der Waals surface area contributed by atoms with Crippen molar-refractivity contribution in [3.8, 4) is 22.8 Å². The smallest absolute Gasteiger partial charge is 0.220 e. The fraction of sp³-hybridized carbons (Fsp3) is 0.222. The second kappa shape index (κ2) is 7.49. The number of imidazole rings is 1. The van der Waals surface area contributed by atoms with Crippen LogP contribution < -0.4 is 5.73 Å². The monoisotopic (exact) mass is 401 g/mol. The SMILES string of the molecule is Nc1nccc(-c2cnc(-c3ccc(F)cc3)n2C2CC(=S(=O)=O)CCO2)n1. The first-order chi connectivity index (χ1) is 13.5. The summed E-state index contributed by atoms with van der Waals surface area (Å²) in [7, 11) is -2.29. The summed E-state index contributed by atoms with van der Waals surface area (Å²) in [6, 6.07) is 7.56. The van der Waals surface area contributed by atoms with E-state index < -0.39 is 16.5 Å². The predicted molar refractivity (Wildman–Crippen MR) is 101 cm³/mol. The van der Waals surface area contributed by atoms with Gasteiger partial charge >= 0.3 is 0 Å². The molecule has 8 nitrogen and oxygen atoms in total. The van der Waals surface area contributed by atoms with Crippen LogP contribution in [0.25, 0.3) is 22.8 Å². The van der Waals surface area contributed by atoms with E-state index in [0.717, 1.165) is 0 Å². The molecule has 28 heavy (non-hydrogen) atoms. The van der Waals surface area contributed by atoms with Gasteiger partial charge in [0.25, 0.3) is 0 Å². The number of hydrogen-bond acceptors (Lipinski definition) is 7. The summed E-state index contributed by atoms with van der Waals surface area (Å²) in [6.07, 6.45) is 3.07. The maximum atomic E-state index is 13.4. The third-order valence-electron chi connectivity index (χ3n) is 4.45. The van der Waals surface area contributed by atoms with Gasteiger partial charge in [-0.15, -0.1) is 0 Å². The number of ether oxygens (including phenoxy) is 1. The van der Waals surface area contributed by atoms with Crippen LogP contribution in [0.2, 0.25) is 0 Å². The van der Waals surface area contributed by atoms with Gasteiger partial charge in [0.2, 0.25) is 16.2 Å². The maximum absolute atomic E-state index is 13.4. The summed E-state index contributed by atoms with van der Waals surface area (Å²) < 4.78 is 43.9. The van der Waals surface area contributed by atoms with E-state index in [0.29, 0.717) is 34.1 Å². The third-order valence-corrected chi connectivity index (χ3v) is 5.30. The minimum absolute atomic E-state index is 0.103. The average molecular weight is 401 g/mol. The summed E-state index contributed by atoms with van der Waals surface area (Å²) >= 11 is 0. The van der Waals surface area contributed by atoms with Crippen LogP contribution in [0.5, 0.6) is 0 Å². The maximum Gasteiger partial charge on any atom is 0.220 e. The number of nitrogens with zero attached hydrogens (tertiary/aromatic N) is 4. The molecule has 1 atom stereocenters. The van der Waals surface area contributed by atoms with E-state index >= 15 is 0 Å². The van der Waals surface area contributed by atoms with Gasteiger partial charge in [-0.05, 0) is 30.3 Å². The Morgan fingerprint density at radius 2 is 1.96 bits per heavy atom. The van der Waals surface area contributed by atoms with Crippen LogP contribution in [0.1, 0.15) is 19.1 Å². The van der Waals surface area contributed by atoms with Gasteiger partial charge in [0.15, 0.2) is 0 Å². The second-order valence-electron chi connectivity index (χ2n) is 6.20. The van der Waals surface area contributed by atoms with Crippen molar-refractivity contribution in [3.05, 3.63) is 48.5 Å². The van der Waals surface area contributed by atoms with Gasteiger partial charge in [0, 0.05) is 24.6 Å². The molecule has 0 aliphatic carbocycles. The number of halogens is 1. The predicted octanol–water partition coefficient (Wildman–Crippen LogP) is 2.09. The minimum Gasteiger partial charge on any atom is -0.368 e. The quantitative estimate of drug-likeness (QED) is 0.669. The van der Waals surface area contributed by atoms with E-state index in [4.69, 9.17) is 10.5 Å². The van der Waals surface area contributed by atoms with Gasteiger partial charge in [-0.2, -0.15) is 8.42 Å². The van der Waals surface area contributed by atoms with Gasteiger partial charge in [0.05, 0.1) is 29.1 Å². The highest BCUT2D eigenvalue weighted by atomic mass is 32.2. The molecule has 0 bridgehead atoms. The van der Waals surface area contributed by atoms with Gasteiger partial charge in [-0.25, -0.2) is 19.3 Å². The topological polar surface area (TPSA) is 113 Å². The molecular weight excluding hydrogens is 385 g/mol. The van der Waals surface area contributed by atoms with Gasteiger partial charge in [-0.3, -0.25) is 4.57 Å². The number of hydrogen-bond donors (Lipinski definition) is 1. The van der Waals surface area contributed by atoms with Crippen molar-refractivity contribution in [2.45, 2.75) is 19.1 Å². The molecule has 1 aliphatic heterocycles. The van der Waals surface area contributed by atoms with Crippen molar-refractivity contribution in [3.63, 3.8) is 0 Å². The van der Waals surface area contributed by atoms with Crippen molar-refractivity contribution in [1.82, 2.24) is 19.5 Å². The Bertz CT molecular complexity index is 1150. The molecule has 0 saturated carbocycles. The molecule has 10 heteroatoms. The van der Waals surface area contributed by atoms with E-state index in [1.165, 1.54) is 18.3 Å². The first-order valence-electron chi connectivity index (χ1n) is 8.50. The summed E-state index contributed by atoms with van der Waals surface area (Å²) in [5.41, 5.74) is 7.49. The zero-order chi connectivity index (χ0) is 19.7. The van der Waals surface area contributed by atoms with Crippen molar-refractivity contribution >= 4 is 21.1 Å². The highest BCUT2D eigenvalue weighted by Gasteiger charge is 2.27. The first kappa shape index (κ1) is 18.3. The van der Waals surface area contributed by atoms with E-state index in [9.17, 15) is 12.8 Å². The van der Waals surface area contributed by atoms with Crippen molar-refractivity contribution in [2.24, 2.45) is 0 Å². The average Bonchev–Trinajstić information content (AvgIpc) is 3.14. The number of aromatic nitrogens is 4. The van der Waals surface area contributed by atoms with E-state index in [1.54, 1.807) is 29.0 Å². The minimum atomic E-state index is -2.29. The molecule has 0 radical (unpaired) electrons. The molecule has 2 aromatic heterocycles. The summed E-state index contributed by atoms with van der Waals surface area (Å²) in [5.74, 6) is 0.248. The van der Waals surface area contributed by atoms with Gasteiger partial charge < -0.3 is 10.5 Å². The summed E-state index contributed by atoms with van der Waals surface area (Å²) in [5, 5.41) is 0. The number of rotatable bonds is 3. The molecule has 1 aromatic carbocycles.